The number of nitrogen functional groups attached to an aromatic ring is 1. The second-order valence-corrected chi connectivity index (χ2v) is 6.27. The predicted molar refractivity (Wildman–Crippen MR) is 86.0 cm³/mol. The van der Waals surface area contributed by atoms with Gasteiger partial charge in [-0.25, -0.2) is 0 Å². The van der Waals surface area contributed by atoms with Crippen LogP contribution in [0.1, 0.15) is 45.1 Å². The lowest BCUT2D eigenvalue weighted by molar-refractivity contribution is -0.122. The Kier molecular flexibility index (Phi) is 5.88. The van der Waals surface area contributed by atoms with Crippen LogP contribution < -0.4 is 11.1 Å². The monoisotopic (exact) mass is 296 g/mol. The minimum Gasteiger partial charge on any atom is -0.399 e. The molecule has 0 radical (unpaired) electrons. The van der Waals surface area contributed by atoms with Gasteiger partial charge in [0.05, 0.1) is 6.42 Å². The molecular weight excluding hydrogens is 272 g/mol. The first kappa shape index (κ1) is 16.8. The van der Waals surface area contributed by atoms with E-state index in [-0.39, 0.29) is 23.7 Å². The topological polar surface area (TPSA) is 55.1 Å². The average molecular weight is 297 g/mol. The summed E-state index contributed by atoms with van der Waals surface area (Å²) >= 11 is 0. The van der Waals surface area contributed by atoms with Crippen molar-refractivity contribution in [1.82, 2.24) is 5.32 Å². The van der Waals surface area contributed by atoms with Crippen molar-refractivity contribution in [1.29, 1.82) is 0 Å². The van der Waals surface area contributed by atoms with Gasteiger partial charge in [0, 0.05) is 11.7 Å². The number of rotatable bonds is 3. The zero-order chi connectivity index (χ0) is 13.9. The van der Waals surface area contributed by atoms with E-state index in [0.717, 1.165) is 17.7 Å². The minimum atomic E-state index is 0. The Labute approximate surface area is 127 Å². The van der Waals surface area contributed by atoms with Gasteiger partial charge in [0.25, 0.3) is 0 Å². The molecule has 1 aromatic carbocycles. The van der Waals surface area contributed by atoms with E-state index in [1.807, 2.05) is 24.3 Å². The third kappa shape index (κ3) is 4.41. The molecule has 0 bridgehead atoms. The van der Waals surface area contributed by atoms with E-state index in [1.165, 1.54) is 19.3 Å². The fraction of sp³-hybridized carbons (Fsp3) is 0.562. The molecule has 1 amide bonds. The number of benzene rings is 1. The average Bonchev–Trinajstić information content (AvgIpc) is 2.35. The van der Waals surface area contributed by atoms with Crippen LogP contribution in [0.3, 0.4) is 0 Å². The largest absolute Gasteiger partial charge is 0.399 e. The molecule has 3 N–H and O–H groups in total. The van der Waals surface area contributed by atoms with Crippen molar-refractivity contribution in [2.45, 2.75) is 52.0 Å². The lowest BCUT2D eigenvalue weighted by Gasteiger charge is -2.39. The number of halogens is 1. The highest BCUT2D eigenvalue weighted by atomic mass is 35.5. The van der Waals surface area contributed by atoms with Gasteiger partial charge < -0.3 is 11.1 Å². The molecule has 112 valence electrons. The molecule has 0 aliphatic heterocycles. The number of carbonyl (C=O) groups is 1. The lowest BCUT2D eigenvalue weighted by Crippen LogP contribution is -2.47. The van der Waals surface area contributed by atoms with E-state index < -0.39 is 0 Å². The number of nitrogens with two attached hydrogens (primary N) is 1. The van der Waals surface area contributed by atoms with E-state index >= 15 is 0 Å². The molecule has 1 atom stereocenters. The number of amides is 1. The van der Waals surface area contributed by atoms with Gasteiger partial charge in [0.2, 0.25) is 5.91 Å². The van der Waals surface area contributed by atoms with Gasteiger partial charge in [-0.3, -0.25) is 4.79 Å². The summed E-state index contributed by atoms with van der Waals surface area (Å²) in [6.45, 7) is 4.50. The molecule has 0 saturated heterocycles. The molecule has 1 fully saturated rings. The first-order valence-corrected chi connectivity index (χ1v) is 7.11. The van der Waals surface area contributed by atoms with Gasteiger partial charge in [-0.2, -0.15) is 0 Å². The Bertz CT molecular complexity index is 442. The second kappa shape index (κ2) is 6.98. The molecular formula is C16H25ClN2O. The predicted octanol–water partition coefficient (Wildman–Crippen LogP) is 3.32. The van der Waals surface area contributed by atoms with Crippen LogP contribution >= 0.6 is 12.4 Å². The Morgan fingerprint density at radius 3 is 2.55 bits per heavy atom. The van der Waals surface area contributed by atoms with Crippen LogP contribution in [0.15, 0.2) is 24.3 Å². The van der Waals surface area contributed by atoms with Crippen molar-refractivity contribution in [2.75, 3.05) is 5.73 Å². The fourth-order valence-corrected chi connectivity index (χ4v) is 2.83. The number of hydrogen-bond acceptors (Lipinski definition) is 2. The van der Waals surface area contributed by atoms with E-state index in [2.05, 4.69) is 19.2 Å². The highest BCUT2D eigenvalue weighted by Crippen LogP contribution is 2.35. The zero-order valence-corrected chi connectivity index (χ0v) is 13.1. The van der Waals surface area contributed by atoms with Gasteiger partial charge >= 0.3 is 0 Å². The van der Waals surface area contributed by atoms with Gasteiger partial charge in [0.1, 0.15) is 0 Å². The molecule has 20 heavy (non-hydrogen) atoms. The normalized spacial score (nSPS) is 20.8. The number of hydrogen-bond donors (Lipinski definition) is 2. The molecule has 1 aliphatic carbocycles. The van der Waals surface area contributed by atoms with Gasteiger partial charge in [-0.15, -0.1) is 12.4 Å². The van der Waals surface area contributed by atoms with Crippen LogP contribution in [0.5, 0.6) is 0 Å². The quantitative estimate of drug-likeness (QED) is 0.841. The molecule has 0 heterocycles. The van der Waals surface area contributed by atoms with Gasteiger partial charge in [-0.05, 0) is 36.0 Å². The summed E-state index contributed by atoms with van der Waals surface area (Å²) in [5.41, 5.74) is 7.61. The van der Waals surface area contributed by atoms with Crippen LogP contribution in [0.25, 0.3) is 0 Å². The summed E-state index contributed by atoms with van der Waals surface area (Å²) in [5, 5.41) is 3.20. The summed E-state index contributed by atoms with van der Waals surface area (Å²) in [6.07, 6.45) is 5.22. The number of carbonyl (C=O) groups excluding carboxylic acids is 1. The third-order valence-corrected chi connectivity index (χ3v) is 4.19. The maximum atomic E-state index is 12.1. The first-order valence-electron chi connectivity index (χ1n) is 7.11. The summed E-state index contributed by atoms with van der Waals surface area (Å²) in [7, 11) is 0. The summed E-state index contributed by atoms with van der Waals surface area (Å²) in [4.78, 5) is 12.1. The van der Waals surface area contributed by atoms with E-state index in [4.69, 9.17) is 5.73 Å². The molecule has 3 nitrogen and oxygen atoms in total. The maximum absolute atomic E-state index is 12.1. The molecule has 2 rings (SSSR count). The molecule has 1 aliphatic rings. The van der Waals surface area contributed by atoms with Crippen LogP contribution in [0.2, 0.25) is 0 Å². The van der Waals surface area contributed by atoms with E-state index in [9.17, 15) is 4.79 Å². The molecule has 1 aromatic rings. The standard InChI is InChI=1S/C16H24N2O.ClH/c1-16(2)10-4-3-5-14(16)18-15(19)11-12-6-8-13(17)9-7-12;/h6-9,14H,3-5,10-11,17H2,1-2H3,(H,18,19);1H. The van der Waals surface area contributed by atoms with Crippen LogP contribution in [-0.2, 0) is 11.2 Å². The van der Waals surface area contributed by atoms with Crippen LogP contribution in [-0.4, -0.2) is 11.9 Å². The SMILES string of the molecule is CC1(C)CCCCC1NC(=O)Cc1ccc(N)cc1.Cl. The van der Waals surface area contributed by atoms with Crippen molar-refractivity contribution >= 4 is 24.0 Å². The molecule has 1 unspecified atom stereocenters. The summed E-state index contributed by atoms with van der Waals surface area (Å²) < 4.78 is 0. The van der Waals surface area contributed by atoms with Gasteiger partial charge in [-0.1, -0.05) is 38.8 Å². The molecule has 4 heteroatoms. The van der Waals surface area contributed by atoms with Crippen molar-refractivity contribution < 1.29 is 4.79 Å². The smallest absolute Gasteiger partial charge is 0.224 e. The van der Waals surface area contributed by atoms with E-state index in [0.29, 0.717) is 12.5 Å². The Morgan fingerprint density at radius 1 is 1.30 bits per heavy atom. The van der Waals surface area contributed by atoms with Crippen LogP contribution in [0, 0.1) is 5.41 Å². The molecule has 0 aromatic heterocycles. The highest BCUT2D eigenvalue weighted by Gasteiger charge is 2.32. The minimum absolute atomic E-state index is 0. The number of anilines is 1. The zero-order valence-electron chi connectivity index (χ0n) is 12.3. The summed E-state index contributed by atoms with van der Waals surface area (Å²) in [5.74, 6) is 0.116. The summed E-state index contributed by atoms with van der Waals surface area (Å²) in [6, 6.07) is 7.82. The second-order valence-electron chi connectivity index (χ2n) is 6.27. The van der Waals surface area contributed by atoms with E-state index in [1.54, 1.807) is 0 Å². The van der Waals surface area contributed by atoms with Crippen molar-refractivity contribution in [2.24, 2.45) is 5.41 Å². The Balaban J connectivity index is 0.00000200. The van der Waals surface area contributed by atoms with Crippen molar-refractivity contribution in [3.63, 3.8) is 0 Å². The number of nitrogens with one attached hydrogen (secondary N) is 1. The third-order valence-electron chi connectivity index (χ3n) is 4.19. The van der Waals surface area contributed by atoms with Crippen molar-refractivity contribution in [3.8, 4) is 0 Å². The van der Waals surface area contributed by atoms with Crippen molar-refractivity contribution in [3.05, 3.63) is 29.8 Å². The molecule has 0 spiro atoms. The van der Waals surface area contributed by atoms with Crippen LogP contribution in [0.4, 0.5) is 5.69 Å². The Hall–Kier alpha value is -1.22. The lowest BCUT2D eigenvalue weighted by atomic mass is 9.73. The highest BCUT2D eigenvalue weighted by molar-refractivity contribution is 5.85. The fourth-order valence-electron chi connectivity index (χ4n) is 2.83. The van der Waals surface area contributed by atoms with Gasteiger partial charge in [0.15, 0.2) is 0 Å². The first-order chi connectivity index (χ1) is 8.97. The molecule has 1 saturated carbocycles. The Morgan fingerprint density at radius 2 is 1.95 bits per heavy atom. The maximum Gasteiger partial charge on any atom is 0.224 e.